The van der Waals surface area contributed by atoms with Crippen molar-refractivity contribution in [3.8, 4) is 0 Å². The predicted molar refractivity (Wildman–Crippen MR) is 68.4 cm³/mol. The third-order valence-corrected chi connectivity index (χ3v) is 2.89. The van der Waals surface area contributed by atoms with Crippen LogP contribution in [0.1, 0.15) is 39.7 Å². The molecular formula is C14H23N. The third-order valence-electron chi connectivity index (χ3n) is 2.89. The molecule has 0 aliphatic carbocycles. The van der Waals surface area contributed by atoms with Crippen molar-refractivity contribution in [3.63, 3.8) is 0 Å². The Balaban J connectivity index is 0.000000531. The second-order valence-electron chi connectivity index (χ2n) is 4.19. The van der Waals surface area contributed by atoms with E-state index in [1.165, 1.54) is 24.1 Å². The van der Waals surface area contributed by atoms with Crippen molar-refractivity contribution in [1.29, 1.82) is 0 Å². The molecule has 1 aliphatic rings. The van der Waals surface area contributed by atoms with Gasteiger partial charge >= 0.3 is 0 Å². The van der Waals surface area contributed by atoms with Crippen molar-refractivity contribution in [2.24, 2.45) is 5.92 Å². The number of fused-ring (bicyclic) bond motifs is 1. The zero-order valence-electron chi connectivity index (χ0n) is 10.4. The Kier molecular flexibility index (Phi) is 4.67. The normalized spacial score (nSPS) is 18.6. The summed E-state index contributed by atoms with van der Waals surface area (Å²) in [5, 5.41) is 3.60. The van der Waals surface area contributed by atoms with Gasteiger partial charge in [-0.1, -0.05) is 45.9 Å². The number of aryl methyl sites for hydroxylation is 1. The molecule has 0 aromatic heterocycles. The summed E-state index contributed by atoms with van der Waals surface area (Å²) in [4.78, 5) is 0. The minimum Gasteiger partial charge on any atom is -0.382 e. The van der Waals surface area contributed by atoms with Gasteiger partial charge in [-0.2, -0.15) is 0 Å². The molecule has 1 heteroatoms. The topological polar surface area (TPSA) is 12.0 Å². The van der Waals surface area contributed by atoms with Gasteiger partial charge < -0.3 is 5.32 Å². The smallest absolute Gasteiger partial charge is 0.0374 e. The lowest BCUT2D eigenvalue weighted by Gasteiger charge is -2.29. The van der Waals surface area contributed by atoms with Gasteiger partial charge in [0, 0.05) is 11.7 Å². The standard InChI is InChI=1S/C12H17N.C2H6/c1-9(2)11-8-7-10-5-3-4-6-12(10)13-11;1-2/h3-6,9,11,13H,7-8H2,1-2H3;1-2H3. The van der Waals surface area contributed by atoms with Gasteiger partial charge in [0.25, 0.3) is 0 Å². The van der Waals surface area contributed by atoms with Gasteiger partial charge in [-0.25, -0.2) is 0 Å². The van der Waals surface area contributed by atoms with Crippen LogP contribution in [-0.2, 0) is 6.42 Å². The summed E-state index contributed by atoms with van der Waals surface area (Å²) in [5.41, 5.74) is 2.81. The van der Waals surface area contributed by atoms with Gasteiger partial charge in [0.05, 0.1) is 0 Å². The number of hydrogen-bond donors (Lipinski definition) is 1. The molecule has 1 aliphatic heterocycles. The van der Waals surface area contributed by atoms with Crippen LogP contribution in [0.15, 0.2) is 24.3 Å². The first kappa shape index (κ1) is 12.1. The molecule has 0 saturated carbocycles. The lowest BCUT2D eigenvalue weighted by atomic mass is 9.92. The molecule has 1 atom stereocenters. The van der Waals surface area contributed by atoms with Crippen molar-refractivity contribution in [2.75, 3.05) is 5.32 Å². The summed E-state index contributed by atoms with van der Waals surface area (Å²) in [6.07, 6.45) is 2.50. The molecule has 0 amide bonds. The Hall–Kier alpha value is -0.980. The highest BCUT2D eigenvalue weighted by atomic mass is 14.9. The summed E-state index contributed by atoms with van der Waals surface area (Å²) in [7, 11) is 0. The lowest BCUT2D eigenvalue weighted by Crippen LogP contribution is -2.30. The van der Waals surface area contributed by atoms with E-state index in [4.69, 9.17) is 0 Å². The Bertz CT molecular complexity index is 291. The second kappa shape index (κ2) is 5.79. The zero-order valence-corrected chi connectivity index (χ0v) is 10.4. The molecule has 84 valence electrons. The molecule has 0 spiro atoms. The Labute approximate surface area is 93.9 Å². The molecule has 0 radical (unpaired) electrons. The molecule has 0 saturated heterocycles. The third kappa shape index (κ3) is 2.98. The van der Waals surface area contributed by atoms with Gasteiger partial charge in [-0.3, -0.25) is 0 Å². The van der Waals surface area contributed by atoms with Crippen LogP contribution in [0.3, 0.4) is 0 Å². The quantitative estimate of drug-likeness (QED) is 0.728. The number of rotatable bonds is 1. The molecule has 0 fully saturated rings. The lowest BCUT2D eigenvalue weighted by molar-refractivity contribution is 0.483. The molecule has 0 bridgehead atoms. The molecule has 1 aromatic carbocycles. The largest absolute Gasteiger partial charge is 0.382 e. The summed E-state index contributed by atoms with van der Waals surface area (Å²) in [6.45, 7) is 8.57. The minimum absolute atomic E-state index is 0.662. The van der Waals surface area contributed by atoms with E-state index >= 15 is 0 Å². The van der Waals surface area contributed by atoms with E-state index in [2.05, 4.69) is 43.4 Å². The summed E-state index contributed by atoms with van der Waals surface area (Å²) in [6, 6.07) is 9.29. The molecule has 1 heterocycles. The van der Waals surface area contributed by atoms with Crippen molar-refractivity contribution in [2.45, 2.75) is 46.6 Å². The van der Waals surface area contributed by atoms with E-state index in [0.717, 1.165) is 5.92 Å². The fourth-order valence-electron chi connectivity index (χ4n) is 1.96. The van der Waals surface area contributed by atoms with Crippen molar-refractivity contribution in [3.05, 3.63) is 29.8 Å². The van der Waals surface area contributed by atoms with Crippen LogP contribution < -0.4 is 5.32 Å². The van der Waals surface area contributed by atoms with E-state index in [1.54, 1.807) is 0 Å². The van der Waals surface area contributed by atoms with Crippen LogP contribution in [0.2, 0.25) is 0 Å². The Morgan fingerprint density at radius 3 is 2.53 bits per heavy atom. The van der Waals surface area contributed by atoms with E-state index < -0.39 is 0 Å². The van der Waals surface area contributed by atoms with Crippen LogP contribution in [0.5, 0.6) is 0 Å². The maximum Gasteiger partial charge on any atom is 0.0374 e. The Morgan fingerprint density at radius 2 is 1.87 bits per heavy atom. The van der Waals surface area contributed by atoms with Gasteiger partial charge in [0.15, 0.2) is 0 Å². The van der Waals surface area contributed by atoms with E-state index in [0.29, 0.717) is 6.04 Å². The number of anilines is 1. The van der Waals surface area contributed by atoms with Crippen LogP contribution in [0.4, 0.5) is 5.69 Å². The molecule has 2 rings (SSSR count). The summed E-state index contributed by atoms with van der Waals surface area (Å²) in [5.74, 6) is 0.730. The van der Waals surface area contributed by atoms with Crippen LogP contribution >= 0.6 is 0 Å². The highest BCUT2D eigenvalue weighted by Gasteiger charge is 2.19. The average molecular weight is 205 g/mol. The Morgan fingerprint density at radius 1 is 1.20 bits per heavy atom. The molecule has 1 N–H and O–H groups in total. The highest BCUT2D eigenvalue weighted by Crippen LogP contribution is 2.26. The number of benzene rings is 1. The van der Waals surface area contributed by atoms with Crippen molar-refractivity contribution in [1.82, 2.24) is 0 Å². The second-order valence-corrected chi connectivity index (χ2v) is 4.19. The number of para-hydroxylation sites is 1. The highest BCUT2D eigenvalue weighted by molar-refractivity contribution is 5.53. The van der Waals surface area contributed by atoms with Gasteiger partial charge in [0.2, 0.25) is 0 Å². The summed E-state index contributed by atoms with van der Waals surface area (Å²) < 4.78 is 0. The predicted octanol–water partition coefficient (Wildman–Crippen LogP) is 4.10. The van der Waals surface area contributed by atoms with E-state index in [9.17, 15) is 0 Å². The van der Waals surface area contributed by atoms with Crippen molar-refractivity contribution < 1.29 is 0 Å². The first-order chi connectivity index (χ1) is 7.27. The van der Waals surface area contributed by atoms with Gasteiger partial charge in [-0.05, 0) is 30.4 Å². The first-order valence-corrected chi connectivity index (χ1v) is 6.12. The number of hydrogen-bond acceptors (Lipinski definition) is 1. The average Bonchev–Trinajstić information content (AvgIpc) is 2.31. The molecule has 1 nitrogen and oxygen atoms in total. The minimum atomic E-state index is 0.662. The van der Waals surface area contributed by atoms with Gasteiger partial charge in [0.1, 0.15) is 0 Å². The maximum atomic E-state index is 3.60. The zero-order chi connectivity index (χ0) is 11.3. The SMILES string of the molecule is CC.CC(C)C1CCc2ccccc2N1. The summed E-state index contributed by atoms with van der Waals surface area (Å²) >= 11 is 0. The van der Waals surface area contributed by atoms with Crippen molar-refractivity contribution >= 4 is 5.69 Å². The molecule has 1 unspecified atom stereocenters. The molecule has 15 heavy (non-hydrogen) atoms. The van der Waals surface area contributed by atoms with E-state index in [-0.39, 0.29) is 0 Å². The first-order valence-electron chi connectivity index (χ1n) is 6.12. The van der Waals surface area contributed by atoms with Gasteiger partial charge in [-0.15, -0.1) is 0 Å². The maximum absolute atomic E-state index is 3.60. The van der Waals surface area contributed by atoms with Crippen LogP contribution in [0.25, 0.3) is 0 Å². The van der Waals surface area contributed by atoms with Crippen LogP contribution in [-0.4, -0.2) is 6.04 Å². The fraction of sp³-hybridized carbons (Fsp3) is 0.571. The van der Waals surface area contributed by atoms with Crippen LogP contribution in [0, 0.1) is 5.92 Å². The van der Waals surface area contributed by atoms with E-state index in [1.807, 2.05) is 13.8 Å². The monoisotopic (exact) mass is 205 g/mol. The molecular weight excluding hydrogens is 182 g/mol. The molecule has 1 aromatic rings. The fourth-order valence-corrected chi connectivity index (χ4v) is 1.96. The number of nitrogens with one attached hydrogen (secondary N) is 1.